The number of ether oxygens (including phenoxy) is 2. The van der Waals surface area contributed by atoms with Crippen molar-refractivity contribution < 1.29 is 40.6 Å². The SMILES string of the molecule is CC(C)(C)c1ccccc1Oc1ncc(C(F)(F)F)cc1NC(=O)Nc1ccc(OC(F)(F)F)cc1. The number of nitrogens with one attached hydrogen (secondary N) is 2. The van der Waals surface area contributed by atoms with Gasteiger partial charge in [-0.15, -0.1) is 13.2 Å². The Hall–Kier alpha value is -3.96. The number of halogens is 6. The molecular weight excluding hydrogens is 492 g/mol. The fraction of sp³-hybridized carbons (Fsp3) is 0.250. The first-order valence-electron chi connectivity index (χ1n) is 10.4. The van der Waals surface area contributed by atoms with Crippen molar-refractivity contribution in [3.63, 3.8) is 0 Å². The summed E-state index contributed by atoms with van der Waals surface area (Å²) in [6, 6.07) is 10.8. The molecule has 2 aromatic carbocycles. The second-order valence-electron chi connectivity index (χ2n) is 8.57. The minimum atomic E-state index is -4.88. The Labute approximate surface area is 202 Å². The number of alkyl halides is 6. The average Bonchev–Trinajstić information content (AvgIpc) is 2.74. The first-order valence-corrected chi connectivity index (χ1v) is 10.4. The van der Waals surface area contributed by atoms with Gasteiger partial charge in [0.05, 0.1) is 5.56 Å². The number of anilines is 2. The van der Waals surface area contributed by atoms with Crippen LogP contribution in [0.5, 0.6) is 17.4 Å². The van der Waals surface area contributed by atoms with Gasteiger partial charge in [-0.1, -0.05) is 39.0 Å². The number of carbonyl (C=O) groups excluding carboxylic acids is 1. The molecule has 1 heterocycles. The van der Waals surface area contributed by atoms with E-state index in [9.17, 15) is 31.1 Å². The highest BCUT2D eigenvalue weighted by Gasteiger charge is 2.33. The molecule has 0 atom stereocenters. The summed E-state index contributed by atoms with van der Waals surface area (Å²) in [5.74, 6) is -0.464. The maximum Gasteiger partial charge on any atom is 0.573 e. The molecule has 0 radical (unpaired) electrons. The maximum absolute atomic E-state index is 13.3. The van der Waals surface area contributed by atoms with Crippen LogP contribution in [-0.2, 0) is 11.6 Å². The van der Waals surface area contributed by atoms with E-state index in [2.05, 4.69) is 20.4 Å². The monoisotopic (exact) mass is 513 g/mol. The quantitative estimate of drug-likeness (QED) is 0.343. The fourth-order valence-electron chi connectivity index (χ4n) is 3.08. The van der Waals surface area contributed by atoms with Gasteiger partial charge in [0.1, 0.15) is 17.2 Å². The molecule has 0 unspecified atom stereocenters. The van der Waals surface area contributed by atoms with Crippen LogP contribution < -0.4 is 20.1 Å². The molecule has 0 saturated heterocycles. The molecule has 3 rings (SSSR count). The summed E-state index contributed by atoms with van der Waals surface area (Å²) >= 11 is 0. The first kappa shape index (κ1) is 26.6. The Morgan fingerprint density at radius 1 is 0.889 bits per heavy atom. The summed E-state index contributed by atoms with van der Waals surface area (Å²) in [5, 5.41) is 4.57. The lowest BCUT2D eigenvalue weighted by Crippen LogP contribution is -2.21. The van der Waals surface area contributed by atoms with Crippen LogP contribution in [0.2, 0.25) is 0 Å². The minimum absolute atomic E-state index is 0.0579. The van der Waals surface area contributed by atoms with Gasteiger partial charge in [0, 0.05) is 17.4 Å². The number of hydrogen-bond donors (Lipinski definition) is 2. The second-order valence-corrected chi connectivity index (χ2v) is 8.57. The number of rotatable bonds is 5. The number of benzene rings is 2. The number of carbonyl (C=O) groups is 1. The molecule has 2 N–H and O–H groups in total. The number of aromatic nitrogens is 1. The van der Waals surface area contributed by atoms with Crippen LogP contribution in [0.15, 0.2) is 60.8 Å². The van der Waals surface area contributed by atoms with E-state index in [0.29, 0.717) is 18.0 Å². The van der Waals surface area contributed by atoms with E-state index in [1.165, 1.54) is 0 Å². The molecule has 0 saturated carbocycles. The zero-order chi connectivity index (χ0) is 26.7. The molecular formula is C24H21F6N3O3. The Morgan fingerprint density at radius 2 is 1.53 bits per heavy atom. The van der Waals surface area contributed by atoms with E-state index in [1.807, 2.05) is 20.8 Å². The van der Waals surface area contributed by atoms with E-state index in [1.54, 1.807) is 24.3 Å². The van der Waals surface area contributed by atoms with Gasteiger partial charge in [-0.3, -0.25) is 0 Å². The largest absolute Gasteiger partial charge is 0.573 e. The molecule has 3 aromatic rings. The van der Waals surface area contributed by atoms with Crippen LogP contribution in [0.3, 0.4) is 0 Å². The van der Waals surface area contributed by atoms with Crippen LogP contribution in [0.1, 0.15) is 31.9 Å². The van der Waals surface area contributed by atoms with Crippen molar-refractivity contribution in [1.82, 2.24) is 4.98 Å². The maximum atomic E-state index is 13.3. The third-order valence-corrected chi connectivity index (χ3v) is 4.67. The molecule has 0 aliphatic carbocycles. The third kappa shape index (κ3) is 7.27. The summed E-state index contributed by atoms with van der Waals surface area (Å²) in [4.78, 5) is 16.3. The molecule has 0 aliphatic heterocycles. The lowest BCUT2D eigenvalue weighted by molar-refractivity contribution is -0.274. The zero-order valence-electron chi connectivity index (χ0n) is 19.2. The van der Waals surface area contributed by atoms with Crippen molar-refractivity contribution in [2.45, 2.75) is 38.7 Å². The van der Waals surface area contributed by atoms with E-state index >= 15 is 0 Å². The summed E-state index contributed by atoms with van der Waals surface area (Å²) in [6.45, 7) is 5.77. The number of urea groups is 1. The number of pyridine rings is 1. The van der Waals surface area contributed by atoms with Crippen LogP contribution in [0.25, 0.3) is 0 Å². The first-order chi connectivity index (χ1) is 16.6. The molecule has 2 amide bonds. The van der Waals surface area contributed by atoms with Gasteiger partial charge in [-0.2, -0.15) is 13.2 Å². The van der Waals surface area contributed by atoms with E-state index in [0.717, 1.165) is 29.8 Å². The number of hydrogen-bond acceptors (Lipinski definition) is 4. The predicted octanol–water partition coefficient (Wildman–Crippen LogP) is 7.73. The highest BCUT2D eigenvalue weighted by molar-refractivity contribution is 6.00. The summed E-state index contributed by atoms with van der Waals surface area (Å²) in [5.41, 5.74) is -1.05. The number of para-hydroxylation sites is 1. The van der Waals surface area contributed by atoms with Gasteiger partial charge in [-0.25, -0.2) is 9.78 Å². The molecule has 0 aliphatic rings. The summed E-state index contributed by atoms with van der Waals surface area (Å²) in [7, 11) is 0. The van der Waals surface area contributed by atoms with Crippen LogP contribution in [-0.4, -0.2) is 17.4 Å². The van der Waals surface area contributed by atoms with Crippen molar-refractivity contribution in [1.29, 1.82) is 0 Å². The molecule has 0 bridgehead atoms. The smallest absolute Gasteiger partial charge is 0.437 e. The van der Waals surface area contributed by atoms with E-state index in [4.69, 9.17) is 4.74 Å². The Balaban J connectivity index is 1.86. The zero-order valence-corrected chi connectivity index (χ0v) is 19.2. The predicted molar refractivity (Wildman–Crippen MR) is 120 cm³/mol. The van der Waals surface area contributed by atoms with Gasteiger partial charge in [0.25, 0.3) is 0 Å². The molecule has 36 heavy (non-hydrogen) atoms. The van der Waals surface area contributed by atoms with Crippen LogP contribution >= 0.6 is 0 Å². The summed E-state index contributed by atoms with van der Waals surface area (Å²) < 4.78 is 86.3. The second kappa shape index (κ2) is 9.96. The highest BCUT2D eigenvalue weighted by Crippen LogP contribution is 2.38. The number of nitrogens with zero attached hydrogens (tertiary/aromatic N) is 1. The molecule has 6 nitrogen and oxygen atoms in total. The van der Waals surface area contributed by atoms with Crippen LogP contribution in [0, 0.1) is 0 Å². The standard InChI is InChI=1S/C24H21F6N3O3/c1-22(2,3)17-6-4-5-7-19(17)35-20-18(12-14(13-31-20)23(25,26)27)33-21(34)32-15-8-10-16(11-9-15)36-24(28,29)30/h4-13H,1-3H3,(H2,32,33,34). The molecule has 0 spiro atoms. The average molecular weight is 513 g/mol. The van der Waals surface area contributed by atoms with Gasteiger partial charge in [0.15, 0.2) is 0 Å². The van der Waals surface area contributed by atoms with Gasteiger partial charge >= 0.3 is 18.6 Å². The summed E-state index contributed by atoms with van der Waals surface area (Å²) in [6.07, 6.45) is -9.04. The molecule has 0 fully saturated rings. The Kier molecular flexibility index (Phi) is 7.37. The highest BCUT2D eigenvalue weighted by atomic mass is 19.4. The van der Waals surface area contributed by atoms with Crippen molar-refractivity contribution in [2.24, 2.45) is 0 Å². The van der Waals surface area contributed by atoms with Crippen molar-refractivity contribution in [2.75, 3.05) is 10.6 Å². The Morgan fingerprint density at radius 3 is 2.11 bits per heavy atom. The minimum Gasteiger partial charge on any atom is -0.437 e. The molecule has 192 valence electrons. The lowest BCUT2D eigenvalue weighted by atomic mass is 9.86. The van der Waals surface area contributed by atoms with E-state index in [-0.39, 0.29) is 22.7 Å². The molecule has 12 heteroatoms. The van der Waals surface area contributed by atoms with E-state index < -0.39 is 29.9 Å². The molecule has 1 aromatic heterocycles. The third-order valence-electron chi connectivity index (χ3n) is 4.67. The van der Waals surface area contributed by atoms with Crippen LogP contribution in [0.4, 0.5) is 42.5 Å². The fourth-order valence-corrected chi connectivity index (χ4v) is 3.08. The van der Waals surface area contributed by atoms with Crippen molar-refractivity contribution in [3.05, 3.63) is 71.9 Å². The normalized spacial score (nSPS) is 12.1. The van der Waals surface area contributed by atoms with Crippen molar-refractivity contribution in [3.8, 4) is 17.4 Å². The Bertz CT molecular complexity index is 1220. The topological polar surface area (TPSA) is 72.5 Å². The van der Waals surface area contributed by atoms with Gasteiger partial charge < -0.3 is 20.1 Å². The lowest BCUT2D eigenvalue weighted by Gasteiger charge is -2.23. The van der Waals surface area contributed by atoms with Crippen molar-refractivity contribution >= 4 is 17.4 Å². The van der Waals surface area contributed by atoms with Gasteiger partial charge in [-0.05, 0) is 41.8 Å². The number of amides is 2. The van der Waals surface area contributed by atoms with Gasteiger partial charge in [0.2, 0.25) is 5.88 Å².